The van der Waals surface area contributed by atoms with E-state index in [0.29, 0.717) is 0 Å². The van der Waals surface area contributed by atoms with Crippen molar-refractivity contribution < 1.29 is 0 Å². The zero-order valence-corrected chi connectivity index (χ0v) is 20.1. The predicted octanol–water partition coefficient (Wildman–Crippen LogP) is 3.82. The molecular formula is C17H27BrIN5S. The molecule has 2 rings (SSSR count). The van der Waals surface area contributed by atoms with Crippen LogP contribution in [0.4, 0.5) is 0 Å². The van der Waals surface area contributed by atoms with Gasteiger partial charge in [-0.25, -0.2) is 0 Å². The zero-order valence-electron chi connectivity index (χ0n) is 15.4. The highest BCUT2D eigenvalue weighted by molar-refractivity contribution is 14.0. The van der Waals surface area contributed by atoms with Crippen LogP contribution >= 0.6 is 51.2 Å². The van der Waals surface area contributed by atoms with E-state index in [1.165, 1.54) is 19.9 Å². The molecule has 0 aliphatic rings. The minimum atomic E-state index is 0. The Bertz CT molecular complexity index is 710. The predicted molar refractivity (Wildman–Crippen MR) is 121 cm³/mol. The zero-order chi connectivity index (χ0) is 17.7. The van der Waals surface area contributed by atoms with E-state index in [4.69, 9.17) is 0 Å². The van der Waals surface area contributed by atoms with E-state index in [2.05, 4.69) is 69.6 Å². The average molecular weight is 540 g/mol. The van der Waals surface area contributed by atoms with E-state index in [9.17, 15) is 0 Å². The first-order valence-electron chi connectivity index (χ1n) is 8.11. The van der Waals surface area contributed by atoms with Crippen molar-refractivity contribution in [1.29, 1.82) is 0 Å². The van der Waals surface area contributed by atoms with Gasteiger partial charge in [0.15, 0.2) is 5.96 Å². The van der Waals surface area contributed by atoms with Gasteiger partial charge in [-0.15, -0.1) is 35.3 Å². The first-order chi connectivity index (χ1) is 11.4. The topological polar surface area (TPSA) is 54.2 Å². The number of aliphatic imine (C=N–C) groups is 1. The van der Waals surface area contributed by atoms with Crippen LogP contribution in [0.15, 0.2) is 20.9 Å². The Morgan fingerprint density at radius 3 is 2.64 bits per heavy atom. The number of guanidine groups is 1. The van der Waals surface area contributed by atoms with Gasteiger partial charge in [0.2, 0.25) is 0 Å². The summed E-state index contributed by atoms with van der Waals surface area (Å²) in [7, 11) is 3.80. The van der Waals surface area contributed by atoms with Gasteiger partial charge < -0.3 is 10.6 Å². The highest BCUT2D eigenvalue weighted by Crippen LogP contribution is 2.22. The van der Waals surface area contributed by atoms with Gasteiger partial charge >= 0.3 is 0 Å². The first-order valence-corrected chi connectivity index (χ1v) is 9.72. The van der Waals surface area contributed by atoms with Crippen molar-refractivity contribution in [3.8, 4) is 0 Å². The molecule has 0 saturated heterocycles. The molecule has 8 heteroatoms. The van der Waals surface area contributed by atoms with Crippen molar-refractivity contribution >= 4 is 57.2 Å². The molecule has 2 aromatic heterocycles. The fourth-order valence-electron chi connectivity index (χ4n) is 2.69. The molecule has 0 aliphatic heterocycles. The second-order valence-corrected chi connectivity index (χ2v) is 8.52. The van der Waals surface area contributed by atoms with Crippen molar-refractivity contribution in [3.05, 3.63) is 37.7 Å². The first kappa shape index (κ1) is 22.4. The van der Waals surface area contributed by atoms with Crippen molar-refractivity contribution in [3.63, 3.8) is 0 Å². The minimum absolute atomic E-state index is 0. The minimum Gasteiger partial charge on any atom is -0.356 e. The number of thiophene rings is 1. The maximum atomic E-state index is 4.49. The van der Waals surface area contributed by atoms with Crippen molar-refractivity contribution in [2.24, 2.45) is 12.0 Å². The van der Waals surface area contributed by atoms with Gasteiger partial charge in [-0.2, -0.15) is 5.10 Å². The van der Waals surface area contributed by atoms with Gasteiger partial charge in [-0.05, 0) is 67.2 Å². The molecule has 0 aliphatic carbocycles. The number of hydrogen-bond acceptors (Lipinski definition) is 3. The van der Waals surface area contributed by atoms with Crippen LogP contribution in [0.5, 0.6) is 0 Å². The summed E-state index contributed by atoms with van der Waals surface area (Å²) in [5.74, 6) is 0.845. The summed E-state index contributed by atoms with van der Waals surface area (Å²) in [4.78, 5) is 5.68. The van der Waals surface area contributed by atoms with Crippen LogP contribution in [-0.4, -0.2) is 35.4 Å². The molecule has 140 valence electrons. The molecule has 0 bridgehead atoms. The summed E-state index contributed by atoms with van der Waals surface area (Å²) in [6.45, 7) is 7.23. The molecule has 0 aromatic carbocycles. The number of rotatable bonds is 6. The van der Waals surface area contributed by atoms with Crippen molar-refractivity contribution in [2.45, 2.75) is 39.7 Å². The number of halogens is 2. The van der Waals surface area contributed by atoms with E-state index in [1.807, 2.05) is 18.8 Å². The molecular weight excluding hydrogens is 513 g/mol. The number of aromatic nitrogens is 2. The second kappa shape index (κ2) is 10.5. The standard InChI is InChI=1S/C17H26BrN5S.HI/c1-11(10-15-12(2)22-23(5)13(15)3)21-17(19-4)20-9-8-14-6-7-16(18)24-14;/h6-7,11H,8-10H2,1-5H3,(H2,19,20,21);1H. The van der Waals surface area contributed by atoms with Crippen LogP contribution in [0.3, 0.4) is 0 Å². The van der Waals surface area contributed by atoms with Crippen LogP contribution in [0.25, 0.3) is 0 Å². The molecule has 2 heterocycles. The van der Waals surface area contributed by atoms with Gasteiger partial charge in [0.05, 0.1) is 9.48 Å². The molecule has 1 atom stereocenters. The van der Waals surface area contributed by atoms with E-state index in [-0.39, 0.29) is 30.0 Å². The van der Waals surface area contributed by atoms with E-state index >= 15 is 0 Å². The van der Waals surface area contributed by atoms with E-state index in [1.54, 1.807) is 11.3 Å². The molecule has 0 saturated carbocycles. The van der Waals surface area contributed by atoms with Gasteiger partial charge in [-0.1, -0.05) is 0 Å². The van der Waals surface area contributed by atoms with Gasteiger partial charge in [-0.3, -0.25) is 9.67 Å². The van der Waals surface area contributed by atoms with Crippen LogP contribution in [-0.2, 0) is 19.9 Å². The summed E-state index contributed by atoms with van der Waals surface area (Å²) in [6.07, 6.45) is 1.93. The fraction of sp³-hybridized carbons (Fsp3) is 0.529. The third-order valence-electron chi connectivity index (χ3n) is 4.07. The lowest BCUT2D eigenvalue weighted by molar-refractivity contribution is 0.635. The Balaban J connectivity index is 0.00000312. The Morgan fingerprint density at radius 1 is 1.40 bits per heavy atom. The molecule has 25 heavy (non-hydrogen) atoms. The highest BCUT2D eigenvalue weighted by Gasteiger charge is 2.13. The van der Waals surface area contributed by atoms with Crippen LogP contribution in [0, 0.1) is 13.8 Å². The van der Waals surface area contributed by atoms with Gasteiger partial charge in [0, 0.05) is 37.3 Å². The molecule has 1 unspecified atom stereocenters. The van der Waals surface area contributed by atoms with E-state index < -0.39 is 0 Å². The second-order valence-electron chi connectivity index (χ2n) is 5.98. The summed E-state index contributed by atoms with van der Waals surface area (Å²) in [6, 6.07) is 4.53. The van der Waals surface area contributed by atoms with Crippen LogP contribution in [0.2, 0.25) is 0 Å². The van der Waals surface area contributed by atoms with Crippen LogP contribution < -0.4 is 10.6 Å². The Hall–Kier alpha value is -0.610. The molecule has 0 fully saturated rings. The van der Waals surface area contributed by atoms with Crippen molar-refractivity contribution in [2.75, 3.05) is 13.6 Å². The molecule has 0 amide bonds. The number of hydrogen-bond donors (Lipinski definition) is 2. The Labute approximate surface area is 179 Å². The largest absolute Gasteiger partial charge is 0.356 e. The summed E-state index contributed by atoms with van der Waals surface area (Å²) in [5, 5.41) is 11.3. The normalized spacial score (nSPS) is 12.6. The molecule has 2 N–H and O–H groups in total. The monoisotopic (exact) mass is 539 g/mol. The lowest BCUT2D eigenvalue weighted by Gasteiger charge is -2.18. The fourth-order valence-corrected chi connectivity index (χ4v) is 4.17. The quantitative estimate of drug-likeness (QED) is 0.333. The molecule has 0 spiro atoms. The Kier molecular flexibility index (Phi) is 9.44. The molecule has 0 radical (unpaired) electrons. The molecule has 5 nitrogen and oxygen atoms in total. The molecule has 2 aromatic rings. The smallest absolute Gasteiger partial charge is 0.191 e. The highest BCUT2D eigenvalue weighted by atomic mass is 127. The third-order valence-corrected chi connectivity index (χ3v) is 5.75. The summed E-state index contributed by atoms with van der Waals surface area (Å²) < 4.78 is 3.12. The average Bonchev–Trinajstić information content (AvgIpc) is 3.05. The lowest BCUT2D eigenvalue weighted by Crippen LogP contribution is -2.43. The number of nitrogens with zero attached hydrogens (tertiary/aromatic N) is 3. The maximum Gasteiger partial charge on any atom is 0.191 e. The van der Waals surface area contributed by atoms with Crippen LogP contribution in [0.1, 0.15) is 28.8 Å². The maximum absolute atomic E-state index is 4.49. The number of nitrogens with one attached hydrogen (secondary N) is 2. The SMILES string of the molecule is CN=C(NCCc1ccc(Br)s1)NC(C)Cc1c(C)nn(C)c1C.I. The van der Waals surface area contributed by atoms with Gasteiger partial charge in [0.1, 0.15) is 0 Å². The number of aryl methyl sites for hydroxylation is 2. The summed E-state index contributed by atoms with van der Waals surface area (Å²) in [5.41, 5.74) is 3.65. The summed E-state index contributed by atoms with van der Waals surface area (Å²) >= 11 is 5.27. The van der Waals surface area contributed by atoms with Gasteiger partial charge in [0.25, 0.3) is 0 Å². The lowest BCUT2D eigenvalue weighted by atomic mass is 10.1. The van der Waals surface area contributed by atoms with E-state index in [0.717, 1.165) is 31.0 Å². The Morgan fingerprint density at radius 2 is 2.12 bits per heavy atom. The van der Waals surface area contributed by atoms with Crippen molar-refractivity contribution in [1.82, 2.24) is 20.4 Å². The third kappa shape index (κ3) is 6.56.